The fourth-order valence-electron chi connectivity index (χ4n) is 5.17. The van der Waals surface area contributed by atoms with Crippen molar-refractivity contribution in [2.24, 2.45) is 0 Å². The lowest BCUT2D eigenvalue weighted by Gasteiger charge is -2.32. The third-order valence-electron chi connectivity index (χ3n) is 6.83. The number of hydrogen-bond donors (Lipinski definition) is 1. The number of aromatic amines is 1. The highest BCUT2D eigenvalue weighted by molar-refractivity contribution is 6.06. The molecule has 2 aliphatic rings. The third-order valence-corrected chi connectivity index (χ3v) is 6.83. The summed E-state index contributed by atoms with van der Waals surface area (Å²) in [6.07, 6.45) is 9.20. The van der Waals surface area contributed by atoms with Crippen molar-refractivity contribution in [3.05, 3.63) is 64.6 Å². The second-order valence-electron chi connectivity index (χ2n) is 8.76. The summed E-state index contributed by atoms with van der Waals surface area (Å²) >= 11 is 0. The van der Waals surface area contributed by atoms with Crippen LogP contribution in [0.15, 0.2) is 36.7 Å². The minimum absolute atomic E-state index is 0.269. The van der Waals surface area contributed by atoms with Crippen molar-refractivity contribution >= 4 is 16.9 Å². The number of pyridine rings is 1. The van der Waals surface area contributed by atoms with Gasteiger partial charge in [0.2, 0.25) is 0 Å². The predicted octanol–water partition coefficient (Wildman–Crippen LogP) is 4.74. The molecule has 3 heterocycles. The zero-order valence-corrected chi connectivity index (χ0v) is 17.8. The Kier molecular flexibility index (Phi) is 5.07. The number of rotatable bonds is 4. The van der Waals surface area contributed by atoms with E-state index in [1.54, 1.807) is 12.4 Å². The monoisotopic (exact) mass is 403 g/mol. The van der Waals surface area contributed by atoms with Crippen molar-refractivity contribution in [3.8, 4) is 0 Å². The summed E-state index contributed by atoms with van der Waals surface area (Å²) in [7, 11) is 0. The Morgan fingerprint density at radius 1 is 1.20 bits per heavy atom. The molecule has 5 nitrogen and oxygen atoms in total. The van der Waals surface area contributed by atoms with Gasteiger partial charge in [0.05, 0.1) is 5.56 Å². The molecule has 1 N–H and O–H groups in total. The van der Waals surface area contributed by atoms with Crippen molar-refractivity contribution in [3.63, 3.8) is 0 Å². The van der Waals surface area contributed by atoms with E-state index in [9.17, 15) is 4.79 Å². The smallest absolute Gasteiger partial charge is 0.341 e. The zero-order valence-electron chi connectivity index (χ0n) is 17.8. The lowest BCUT2D eigenvalue weighted by atomic mass is 9.86. The standard InChI is InChI=1S/C25H29N3O2/c1-16-24(25(29)30-17(2)18-7-9-26-10-8-18)22-14-20-13-21(28-11-3-4-12-28)6-5-19(20)15-23(22)27-16/h7-10,14-15,17,21,27H,3-6,11-13H2,1-2H3. The van der Waals surface area contributed by atoms with Gasteiger partial charge in [-0.05, 0) is 100.0 Å². The number of hydrogen-bond acceptors (Lipinski definition) is 4. The predicted molar refractivity (Wildman–Crippen MR) is 118 cm³/mol. The summed E-state index contributed by atoms with van der Waals surface area (Å²) < 4.78 is 5.82. The molecule has 0 radical (unpaired) electrons. The van der Waals surface area contributed by atoms with E-state index in [4.69, 9.17) is 4.74 Å². The van der Waals surface area contributed by atoms with Crippen LogP contribution >= 0.6 is 0 Å². The third kappa shape index (κ3) is 3.52. The largest absolute Gasteiger partial charge is 0.454 e. The second kappa shape index (κ2) is 7.88. The van der Waals surface area contributed by atoms with Crippen LogP contribution in [0.5, 0.6) is 0 Å². The molecule has 1 aromatic carbocycles. The van der Waals surface area contributed by atoms with Gasteiger partial charge in [0.1, 0.15) is 6.10 Å². The highest BCUT2D eigenvalue weighted by Crippen LogP contribution is 2.33. The van der Waals surface area contributed by atoms with Crippen LogP contribution in [0.25, 0.3) is 10.9 Å². The molecular formula is C25H29N3O2. The number of carbonyl (C=O) groups excluding carboxylic acids is 1. The molecule has 2 atom stereocenters. The van der Waals surface area contributed by atoms with Crippen LogP contribution < -0.4 is 0 Å². The maximum atomic E-state index is 13.1. The quantitative estimate of drug-likeness (QED) is 0.639. The van der Waals surface area contributed by atoms with E-state index in [1.165, 1.54) is 43.5 Å². The van der Waals surface area contributed by atoms with E-state index in [1.807, 2.05) is 26.0 Å². The van der Waals surface area contributed by atoms with Crippen LogP contribution in [0.4, 0.5) is 0 Å². The van der Waals surface area contributed by atoms with E-state index < -0.39 is 0 Å². The number of carbonyl (C=O) groups is 1. The van der Waals surface area contributed by atoms with Crippen molar-refractivity contribution in [1.29, 1.82) is 0 Å². The molecule has 0 bridgehead atoms. The molecule has 1 saturated heterocycles. The summed E-state index contributed by atoms with van der Waals surface area (Å²) in [4.78, 5) is 23.2. The number of nitrogens with one attached hydrogen (secondary N) is 1. The maximum absolute atomic E-state index is 13.1. The van der Waals surface area contributed by atoms with Crippen LogP contribution in [0, 0.1) is 6.92 Å². The summed E-state index contributed by atoms with van der Waals surface area (Å²) in [5.41, 5.74) is 6.33. The van der Waals surface area contributed by atoms with Crippen molar-refractivity contribution < 1.29 is 9.53 Å². The van der Waals surface area contributed by atoms with Crippen LogP contribution in [-0.4, -0.2) is 40.0 Å². The first kappa shape index (κ1) is 19.3. The fourth-order valence-corrected chi connectivity index (χ4v) is 5.17. The lowest BCUT2D eigenvalue weighted by molar-refractivity contribution is 0.0339. The molecule has 30 heavy (non-hydrogen) atoms. The van der Waals surface area contributed by atoms with Crippen molar-refractivity contribution in [2.75, 3.05) is 13.1 Å². The van der Waals surface area contributed by atoms with Crippen LogP contribution in [-0.2, 0) is 17.6 Å². The molecule has 3 aromatic rings. The molecule has 0 spiro atoms. The van der Waals surface area contributed by atoms with E-state index in [0.29, 0.717) is 11.6 Å². The molecule has 156 valence electrons. The molecule has 0 saturated carbocycles. The van der Waals surface area contributed by atoms with Gasteiger partial charge < -0.3 is 14.6 Å². The van der Waals surface area contributed by atoms with Crippen molar-refractivity contribution in [1.82, 2.24) is 14.9 Å². The molecule has 1 aliphatic heterocycles. The van der Waals surface area contributed by atoms with Crippen molar-refractivity contribution in [2.45, 2.75) is 58.1 Å². The van der Waals surface area contributed by atoms with Gasteiger partial charge in [0, 0.05) is 35.0 Å². The number of esters is 1. The Labute approximate surface area is 177 Å². The average Bonchev–Trinajstić information content (AvgIpc) is 3.39. The number of aromatic nitrogens is 2. The van der Waals surface area contributed by atoms with E-state index in [2.05, 4.69) is 27.0 Å². The number of nitrogens with zero attached hydrogens (tertiary/aromatic N) is 2. The maximum Gasteiger partial charge on any atom is 0.341 e. The summed E-state index contributed by atoms with van der Waals surface area (Å²) in [6.45, 7) is 6.32. The van der Waals surface area contributed by atoms with Gasteiger partial charge in [-0.2, -0.15) is 0 Å². The molecule has 5 rings (SSSR count). The lowest BCUT2D eigenvalue weighted by Crippen LogP contribution is -2.37. The number of likely N-dealkylation sites (tertiary alicyclic amines) is 1. The first-order valence-electron chi connectivity index (χ1n) is 11.1. The van der Waals surface area contributed by atoms with E-state index in [0.717, 1.165) is 35.0 Å². The number of fused-ring (bicyclic) bond motifs is 2. The minimum atomic E-state index is -0.318. The molecule has 2 aromatic heterocycles. The van der Waals surface area contributed by atoms with Crippen LogP contribution in [0.3, 0.4) is 0 Å². The Balaban J connectivity index is 1.43. The van der Waals surface area contributed by atoms with Gasteiger partial charge in [-0.1, -0.05) is 0 Å². The Morgan fingerprint density at radius 2 is 1.97 bits per heavy atom. The van der Waals surface area contributed by atoms with Gasteiger partial charge in [-0.3, -0.25) is 4.98 Å². The molecule has 5 heteroatoms. The molecule has 1 fully saturated rings. The van der Waals surface area contributed by atoms with Gasteiger partial charge in [0.25, 0.3) is 0 Å². The SMILES string of the molecule is Cc1[nH]c2cc3c(cc2c1C(=O)OC(C)c1ccncc1)CC(N1CCCC1)CC3. The number of ether oxygens (including phenoxy) is 1. The molecule has 2 unspecified atom stereocenters. The average molecular weight is 404 g/mol. The van der Waals surface area contributed by atoms with E-state index >= 15 is 0 Å². The molecular weight excluding hydrogens is 374 g/mol. The van der Waals surface area contributed by atoms with Crippen LogP contribution in [0.1, 0.15) is 65.0 Å². The summed E-state index contributed by atoms with van der Waals surface area (Å²) in [5.74, 6) is -0.269. The topological polar surface area (TPSA) is 58.2 Å². The van der Waals surface area contributed by atoms with Gasteiger partial charge >= 0.3 is 5.97 Å². The van der Waals surface area contributed by atoms with Gasteiger partial charge in [0.15, 0.2) is 0 Å². The van der Waals surface area contributed by atoms with E-state index in [-0.39, 0.29) is 12.1 Å². The zero-order chi connectivity index (χ0) is 20.7. The first-order chi connectivity index (χ1) is 14.6. The highest BCUT2D eigenvalue weighted by Gasteiger charge is 2.28. The first-order valence-corrected chi connectivity index (χ1v) is 11.1. The number of H-pyrrole nitrogens is 1. The second-order valence-corrected chi connectivity index (χ2v) is 8.76. The Morgan fingerprint density at radius 3 is 2.73 bits per heavy atom. The van der Waals surface area contributed by atoms with Gasteiger partial charge in [-0.25, -0.2) is 4.79 Å². The van der Waals surface area contributed by atoms with Gasteiger partial charge in [-0.15, -0.1) is 0 Å². The fraction of sp³-hybridized carbons (Fsp3) is 0.440. The minimum Gasteiger partial charge on any atom is -0.454 e. The van der Waals surface area contributed by atoms with Crippen LogP contribution in [0.2, 0.25) is 0 Å². The number of benzene rings is 1. The molecule has 0 amide bonds. The summed E-state index contributed by atoms with van der Waals surface area (Å²) in [5, 5.41) is 0.986. The number of aryl methyl sites for hydroxylation is 2. The normalized spacial score (nSPS) is 20.3. The Hall–Kier alpha value is -2.66. The Bertz CT molecular complexity index is 1070. The highest BCUT2D eigenvalue weighted by atomic mass is 16.5. The summed E-state index contributed by atoms with van der Waals surface area (Å²) in [6, 6.07) is 8.90. The molecule has 1 aliphatic carbocycles.